The molecule has 0 unspecified atom stereocenters. The number of hydrogen-bond donors (Lipinski definition) is 1. The minimum Gasteiger partial charge on any atom is -0.325 e. The second-order valence-corrected chi connectivity index (χ2v) is 6.48. The average molecular weight is 212 g/mol. The second kappa shape index (κ2) is 3.63. The van der Waals surface area contributed by atoms with E-state index in [1.807, 2.05) is 13.8 Å². The molecule has 1 aromatic rings. The highest BCUT2D eigenvalue weighted by atomic mass is 32.1. The van der Waals surface area contributed by atoms with Gasteiger partial charge in [-0.25, -0.2) is 4.98 Å². The molecule has 0 aliphatic rings. The number of thiazole rings is 1. The number of nitrogens with two attached hydrogens (primary N) is 1. The summed E-state index contributed by atoms with van der Waals surface area (Å²) in [7, 11) is 0. The molecule has 0 spiro atoms. The molecule has 80 valence electrons. The van der Waals surface area contributed by atoms with Crippen LogP contribution in [0.15, 0.2) is 5.38 Å². The van der Waals surface area contributed by atoms with Gasteiger partial charge in [-0.05, 0) is 13.8 Å². The molecule has 0 radical (unpaired) electrons. The van der Waals surface area contributed by atoms with Crippen LogP contribution in [0.1, 0.15) is 45.3 Å². The third-order valence-electron chi connectivity index (χ3n) is 1.93. The van der Waals surface area contributed by atoms with Crippen LogP contribution in [0.5, 0.6) is 0 Å². The van der Waals surface area contributed by atoms with Crippen molar-refractivity contribution >= 4 is 11.3 Å². The molecule has 0 saturated carbocycles. The molecule has 1 rings (SSSR count). The van der Waals surface area contributed by atoms with Crippen molar-refractivity contribution in [1.29, 1.82) is 0 Å². The highest BCUT2D eigenvalue weighted by Crippen LogP contribution is 2.25. The number of aromatic nitrogens is 1. The summed E-state index contributed by atoms with van der Waals surface area (Å²) in [6.45, 7) is 10.6. The van der Waals surface area contributed by atoms with Crippen molar-refractivity contribution in [1.82, 2.24) is 4.98 Å². The summed E-state index contributed by atoms with van der Waals surface area (Å²) in [6, 6.07) is 0. The predicted octanol–water partition coefficient (Wildman–Crippen LogP) is 2.72. The molecule has 0 atom stereocenters. The van der Waals surface area contributed by atoms with Crippen LogP contribution in [-0.2, 0) is 11.8 Å². The fourth-order valence-electron chi connectivity index (χ4n) is 1.13. The Morgan fingerprint density at radius 1 is 1.29 bits per heavy atom. The second-order valence-electron chi connectivity index (χ2n) is 5.54. The molecule has 0 fully saturated rings. The summed E-state index contributed by atoms with van der Waals surface area (Å²) in [6.07, 6.45) is 0.855. The van der Waals surface area contributed by atoms with Crippen LogP contribution in [0.3, 0.4) is 0 Å². The lowest BCUT2D eigenvalue weighted by molar-refractivity contribution is 0.510. The van der Waals surface area contributed by atoms with Crippen molar-refractivity contribution in [3.8, 4) is 0 Å². The first-order valence-electron chi connectivity index (χ1n) is 4.92. The Bertz CT molecular complexity index is 302. The van der Waals surface area contributed by atoms with E-state index in [0.717, 1.165) is 11.4 Å². The molecule has 0 aliphatic heterocycles. The fourth-order valence-corrected chi connectivity index (χ4v) is 2.39. The normalized spacial score (nSPS) is 13.3. The number of nitrogens with zero attached hydrogens (tertiary/aromatic N) is 1. The maximum absolute atomic E-state index is 5.95. The van der Waals surface area contributed by atoms with Crippen LogP contribution in [0.4, 0.5) is 0 Å². The molecule has 0 amide bonds. The van der Waals surface area contributed by atoms with Crippen LogP contribution in [0.25, 0.3) is 0 Å². The lowest BCUT2D eigenvalue weighted by atomic mass is 9.93. The van der Waals surface area contributed by atoms with Gasteiger partial charge in [0, 0.05) is 22.8 Å². The van der Waals surface area contributed by atoms with Crippen molar-refractivity contribution in [2.75, 3.05) is 0 Å². The summed E-state index contributed by atoms with van der Waals surface area (Å²) in [4.78, 5) is 4.61. The van der Waals surface area contributed by atoms with Crippen molar-refractivity contribution < 1.29 is 0 Å². The molecule has 2 N–H and O–H groups in total. The SMILES string of the molecule is CC(C)(N)Cc1nc(C(C)(C)C)cs1. The molecule has 0 saturated heterocycles. The van der Waals surface area contributed by atoms with E-state index in [1.165, 1.54) is 5.69 Å². The average Bonchev–Trinajstić information content (AvgIpc) is 2.29. The zero-order chi connectivity index (χ0) is 11.0. The molecule has 2 nitrogen and oxygen atoms in total. The molecular formula is C11H20N2S. The summed E-state index contributed by atoms with van der Waals surface area (Å²) in [5.41, 5.74) is 7.11. The van der Waals surface area contributed by atoms with Crippen LogP contribution in [0, 0.1) is 0 Å². The maximum atomic E-state index is 5.95. The summed E-state index contributed by atoms with van der Waals surface area (Å²) in [5.74, 6) is 0. The molecule has 0 bridgehead atoms. The van der Waals surface area contributed by atoms with Gasteiger partial charge in [0.2, 0.25) is 0 Å². The van der Waals surface area contributed by atoms with E-state index < -0.39 is 0 Å². The van der Waals surface area contributed by atoms with E-state index in [9.17, 15) is 0 Å². The predicted molar refractivity (Wildman–Crippen MR) is 62.8 cm³/mol. The Kier molecular flexibility index (Phi) is 3.02. The minimum absolute atomic E-state index is 0.146. The highest BCUT2D eigenvalue weighted by Gasteiger charge is 2.19. The van der Waals surface area contributed by atoms with Crippen molar-refractivity contribution in [2.45, 2.75) is 52.0 Å². The number of hydrogen-bond acceptors (Lipinski definition) is 3. The van der Waals surface area contributed by atoms with Gasteiger partial charge in [-0.15, -0.1) is 11.3 Å². The monoisotopic (exact) mass is 212 g/mol. The molecular weight excluding hydrogens is 192 g/mol. The first-order valence-corrected chi connectivity index (χ1v) is 5.80. The van der Waals surface area contributed by atoms with Crippen LogP contribution < -0.4 is 5.73 Å². The van der Waals surface area contributed by atoms with Gasteiger partial charge < -0.3 is 5.73 Å². The highest BCUT2D eigenvalue weighted by molar-refractivity contribution is 7.09. The van der Waals surface area contributed by atoms with Gasteiger partial charge in [0.25, 0.3) is 0 Å². The third kappa shape index (κ3) is 3.39. The Morgan fingerprint density at radius 3 is 2.21 bits per heavy atom. The maximum Gasteiger partial charge on any atom is 0.0946 e. The third-order valence-corrected chi connectivity index (χ3v) is 2.78. The molecule has 14 heavy (non-hydrogen) atoms. The van der Waals surface area contributed by atoms with Gasteiger partial charge in [0.1, 0.15) is 0 Å². The van der Waals surface area contributed by atoms with E-state index >= 15 is 0 Å². The van der Waals surface area contributed by atoms with Crippen LogP contribution in [0.2, 0.25) is 0 Å². The molecule has 0 aliphatic carbocycles. The summed E-state index contributed by atoms with van der Waals surface area (Å²) < 4.78 is 0. The van der Waals surface area contributed by atoms with E-state index in [1.54, 1.807) is 11.3 Å². The molecule has 0 aromatic carbocycles. The van der Waals surface area contributed by atoms with Gasteiger partial charge >= 0.3 is 0 Å². The zero-order valence-corrected chi connectivity index (χ0v) is 10.5. The first-order chi connectivity index (χ1) is 6.18. The Hall–Kier alpha value is -0.410. The van der Waals surface area contributed by atoms with Gasteiger partial charge in [-0.3, -0.25) is 0 Å². The Balaban J connectivity index is 2.79. The van der Waals surface area contributed by atoms with Gasteiger partial charge in [0.05, 0.1) is 10.7 Å². The van der Waals surface area contributed by atoms with Crippen molar-refractivity contribution in [2.24, 2.45) is 5.73 Å². The van der Waals surface area contributed by atoms with Crippen LogP contribution >= 0.6 is 11.3 Å². The topological polar surface area (TPSA) is 38.9 Å². The zero-order valence-electron chi connectivity index (χ0n) is 9.72. The van der Waals surface area contributed by atoms with E-state index in [4.69, 9.17) is 5.73 Å². The lowest BCUT2D eigenvalue weighted by Crippen LogP contribution is -2.34. The fraction of sp³-hybridized carbons (Fsp3) is 0.727. The molecule has 1 aromatic heterocycles. The van der Waals surface area contributed by atoms with Gasteiger partial charge in [-0.1, -0.05) is 20.8 Å². The van der Waals surface area contributed by atoms with Crippen molar-refractivity contribution in [3.63, 3.8) is 0 Å². The van der Waals surface area contributed by atoms with Gasteiger partial charge in [-0.2, -0.15) is 0 Å². The van der Waals surface area contributed by atoms with E-state index in [-0.39, 0.29) is 11.0 Å². The Labute approximate surface area is 90.6 Å². The van der Waals surface area contributed by atoms with E-state index in [0.29, 0.717) is 0 Å². The summed E-state index contributed by atoms with van der Waals surface area (Å²) in [5, 5.41) is 3.28. The van der Waals surface area contributed by atoms with E-state index in [2.05, 4.69) is 31.1 Å². The molecule has 1 heterocycles. The lowest BCUT2D eigenvalue weighted by Gasteiger charge is -2.17. The van der Waals surface area contributed by atoms with Crippen LogP contribution in [-0.4, -0.2) is 10.5 Å². The first kappa shape index (κ1) is 11.7. The summed E-state index contributed by atoms with van der Waals surface area (Å²) >= 11 is 1.71. The number of rotatable bonds is 2. The van der Waals surface area contributed by atoms with Gasteiger partial charge in [0.15, 0.2) is 0 Å². The smallest absolute Gasteiger partial charge is 0.0946 e. The van der Waals surface area contributed by atoms with Crippen molar-refractivity contribution in [3.05, 3.63) is 16.1 Å². The minimum atomic E-state index is -0.160. The standard InChI is InChI=1S/C11H20N2S/c1-10(2,3)8-7-14-9(13-8)6-11(4,5)12/h7H,6,12H2,1-5H3. The quantitative estimate of drug-likeness (QED) is 0.818. The molecule has 3 heteroatoms. The largest absolute Gasteiger partial charge is 0.325 e. The Morgan fingerprint density at radius 2 is 1.86 bits per heavy atom.